The number of hydrogen-bond acceptors (Lipinski definition) is 2. The van der Waals surface area contributed by atoms with Crippen molar-refractivity contribution in [2.75, 3.05) is 0 Å². The van der Waals surface area contributed by atoms with E-state index in [9.17, 15) is 4.79 Å². The van der Waals surface area contributed by atoms with E-state index in [0.717, 1.165) is 25.7 Å². The number of nitrogens with one attached hydrogen (secondary N) is 2. The van der Waals surface area contributed by atoms with Gasteiger partial charge in [0.15, 0.2) is 0 Å². The average Bonchev–Trinajstić information content (AvgIpc) is 3.29. The van der Waals surface area contributed by atoms with Crippen LogP contribution in [-0.2, 0) is 0 Å². The molecule has 3 rings (SSSR count). The van der Waals surface area contributed by atoms with Crippen LogP contribution in [0.4, 0.5) is 4.79 Å². The SMILES string of the molecule is C/C(=C\c1ccccc1)[C@@H]1C[C@H]1N[C@H]1CC[C@H](NC(=O)O)CC1. The van der Waals surface area contributed by atoms with Gasteiger partial charge in [0.05, 0.1) is 0 Å². The molecule has 1 aromatic rings. The summed E-state index contributed by atoms with van der Waals surface area (Å²) in [4.78, 5) is 10.7. The molecule has 0 radical (unpaired) electrons. The average molecular weight is 314 g/mol. The van der Waals surface area contributed by atoms with E-state index in [-0.39, 0.29) is 6.04 Å². The van der Waals surface area contributed by atoms with Crippen LogP contribution in [0.1, 0.15) is 44.6 Å². The predicted molar refractivity (Wildman–Crippen MR) is 92.3 cm³/mol. The van der Waals surface area contributed by atoms with E-state index in [1.54, 1.807) is 0 Å². The molecule has 1 aromatic carbocycles. The Bertz CT molecular complexity index is 562. The van der Waals surface area contributed by atoms with Crippen molar-refractivity contribution in [3.8, 4) is 0 Å². The molecule has 124 valence electrons. The molecule has 3 N–H and O–H groups in total. The van der Waals surface area contributed by atoms with Gasteiger partial charge in [0.2, 0.25) is 0 Å². The lowest BCUT2D eigenvalue weighted by Crippen LogP contribution is -2.42. The maximum Gasteiger partial charge on any atom is 0.404 e. The first kappa shape index (κ1) is 16.1. The van der Waals surface area contributed by atoms with Crippen molar-refractivity contribution in [3.63, 3.8) is 0 Å². The Morgan fingerprint density at radius 3 is 2.43 bits per heavy atom. The van der Waals surface area contributed by atoms with E-state index in [0.29, 0.717) is 18.0 Å². The second-order valence-corrected chi connectivity index (χ2v) is 6.91. The number of carboxylic acid groups (broad SMARTS) is 1. The zero-order valence-corrected chi connectivity index (χ0v) is 13.7. The highest BCUT2D eigenvalue weighted by Crippen LogP contribution is 2.39. The van der Waals surface area contributed by atoms with Crippen LogP contribution in [0.15, 0.2) is 35.9 Å². The van der Waals surface area contributed by atoms with E-state index in [1.807, 2.05) is 6.07 Å². The van der Waals surface area contributed by atoms with Crippen LogP contribution >= 0.6 is 0 Å². The molecule has 4 heteroatoms. The van der Waals surface area contributed by atoms with E-state index in [2.05, 4.69) is 47.9 Å². The lowest BCUT2D eigenvalue weighted by molar-refractivity contribution is 0.183. The normalized spacial score (nSPS) is 30.7. The Kier molecular flexibility index (Phi) is 5.01. The van der Waals surface area contributed by atoms with E-state index in [1.165, 1.54) is 17.6 Å². The Labute approximate surface area is 138 Å². The van der Waals surface area contributed by atoms with Crippen LogP contribution in [0.5, 0.6) is 0 Å². The quantitative estimate of drug-likeness (QED) is 0.777. The molecule has 0 unspecified atom stereocenters. The lowest BCUT2D eigenvalue weighted by atomic mass is 9.91. The number of rotatable bonds is 5. The Morgan fingerprint density at radius 1 is 1.13 bits per heavy atom. The summed E-state index contributed by atoms with van der Waals surface area (Å²) in [5.41, 5.74) is 2.73. The highest BCUT2D eigenvalue weighted by Gasteiger charge is 2.39. The molecule has 2 aliphatic carbocycles. The van der Waals surface area contributed by atoms with E-state index < -0.39 is 6.09 Å². The lowest BCUT2D eigenvalue weighted by Gasteiger charge is -2.29. The van der Waals surface area contributed by atoms with Gasteiger partial charge < -0.3 is 15.7 Å². The molecule has 0 aliphatic heterocycles. The smallest absolute Gasteiger partial charge is 0.404 e. The fourth-order valence-electron chi connectivity index (χ4n) is 3.68. The van der Waals surface area contributed by atoms with E-state index in [4.69, 9.17) is 5.11 Å². The molecule has 2 atom stereocenters. The van der Waals surface area contributed by atoms with Crippen molar-refractivity contribution >= 4 is 12.2 Å². The topological polar surface area (TPSA) is 61.4 Å². The summed E-state index contributed by atoms with van der Waals surface area (Å²) >= 11 is 0. The van der Waals surface area contributed by atoms with Crippen LogP contribution < -0.4 is 10.6 Å². The summed E-state index contributed by atoms with van der Waals surface area (Å²) in [6.07, 6.45) is 6.64. The highest BCUT2D eigenvalue weighted by atomic mass is 16.4. The van der Waals surface area contributed by atoms with Crippen LogP contribution in [0.2, 0.25) is 0 Å². The highest BCUT2D eigenvalue weighted by molar-refractivity contribution is 5.64. The van der Waals surface area contributed by atoms with Gasteiger partial charge in [-0.3, -0.25) is 0 Å². The molecule has 0 saturated heterocycles. The van der Waals surface area contributed by atoms with Gasteiger partial charge in [0.1, 0.15) is 0 Å². The monoisotopic (exact) mass is 314 g/mol. The molecule has 1 amide bonds. The molecule has 0 heterocycles. The van der Waals surface area contributed by atoms with Gasteiger partial charge in [-0.1, -0.05) is 42.0 Å². The van der Waals surface area contributed by atoms with Gasteiger partial charge in [-0.2, -0.15) is 0 Å². The van der Waals surface area contributed by atoms with Gasteiger partial charge in [-0.25, -0.2) is 4.79 Å². The second kappa shape index (κ2) is 7.18. The van der Waals surface area contributed by atoms with Crippen molar-refractivity contribution < 1.29 is 9.90 Å². The van der Waals surface area contributed by atoms with Gasteiger partial charge >= 0.3 is 6.09 Å². The van der Waals surface area contributed by atoms with Crippen molar-refractivity contribution in [2.24, 2.45) is 5.92 Å². The van der Waals surface area contributed by atoms with Crippen LogP contribution in [-0.4, -0.2) is 29.3 Å². The summed E-state index contributed by atoms with van der Waals surface area (Å²) in [6.45, 7) is 2.23. The minimum Gasteiger partial charge on any atom is -0.465 e. The molecule has 2 aliphatic rings. The van der Waals surface area contributed by atoms with Crippen molar-refractivity contribution in [2.45, 2.75) is 57.2 Å². The van der Waals surface area contributed by atoms with E-state index >= 15 is 0 Å². The van der Waals surface area contributed by atoms with Crippen molar-refractivity contribution in [1.82, 2.24) is 10.6 Å². The predicted octanol–water partition coefficient (Wildman–Crippen LogP) is 3.65. The van der Waals surface area contributed by atoms with Crippen molar-refractivity contribution in [1.29, 1.82) is 0 Å². The van der Waals surface area contributed by atoms with Gasteiger partial charge in [-0.05, 0) is 50.5 Å². The van der Waals surface area contributed by atoms with Crippen LogP contribution in [0.3, 0.4) is 0 Å². The molecule has 0 aromatic heterocycles. The van der Waals surface area contributed by atoms with Crippen LogP contribution in [0, 0.1) is 5.92 Å². The zero-order chi connectivity index (χ0) is 16.2. The Hall–Kier alpha value is -1.81. The first-order valence-electron chi connectivity index (χ1n) is 8.60. The molecule has 2 fully saturated rings. The summed E-state index contributed by atoms with van der Waals surface area (Å²) < 4.78 is 0. The van der Waals surface area contributed by atoms with Gasteiger partial charge in [-0.15, -0.1) is 0 Å². The summed E-state index contributed by atoms with van der Waals surface area (Å²) in [7, 11) is 0. The third-order valence-electron chi connectivity index (χ3n) is 5.07. The molecule has 0 spiro atoms. The molecular formula is C19H26N2O2. The van der Waals surface area contributed by atoms with Gasteiger partial charge in [0, 0.05) is 18.1 Å². The van der Waals surface area contributed by atoms with Crippen LogP contribution in [0.25, 0.3) is 6.08 Å². The van der Waals surface area contributed by atoms with Gasteiger partial charge in [0.25, 0.3) is 0 Å². The number of benzene rings is 1. The third-order valence-corrected chi connectivity index (χ3v) is 5.07. The van der Waals surface area contributed by atoms with Crippen molar-refractivity contribution in [3.05, 3.63) is 41.5 Å². The first-order valence-corrected chi connectivity index (χ1v) is 8.60. The number of carbonyl (C=O) groups is 1. The maximum atomic E-state index is 10.7. The molecular weight excluding hydrogens is 288 g/mol. The maximum absolute atomic E-state index is 10.7. The fourth-order valence-corrected chi connectivity index (χ4v) is 3.68. The molecule has 2 saturated carbocycles. The molecule has 4 nitrogen and oxygen atoms in total. The largest absolute Gasteiger partial charge is 0.465 e. The fraction of sp³-hybridized carbons (Fsp3) is 0.526. The summed E-state index contributed by atoms with van der Waals surface area (Å²) in [5, 5.41) is 15.1. The number of amides is 1. The summed E-state index contributed by atoms with van der Waals surface area (Å²) in [5.74, 6) is 0.657. The Balaban J connectivity index is 1.43. The zero-order valence-electron chi connectivity index (χ0n) is 13.7. The number of hydrogen-bond donors (Lipinski definition) is 3. The molecule has 0 bridgehead atoms. The first-order chi connectivity index (χ1) is 11.1. The minimum atomic E-state index is -0.898. The standard InChI is InChI=1S/C19H26N2O2/c1-13(11-14-5-3-2-4-6-14)17-12-18(17)20-15-7-9-16(10-8-15)21-19(22)23/h2-6,11,15-18,20-21H,7-10,12H2,1H3,(H,22,23)/b13-11+/t15-,16-,17-,18+/m0/s1. The minimum absolute atomic E-state index is 0.139. The second-order valence-electron chi connectivity index (χ2n) is 6.91. The third kappa shape index (κ3) is 4.58. The Morgan fingerprint density at radius 2 is 1.78 bits per heavy atom. The summed E-state index contributed by atoms with van der Waals surface area (Å²) in [6, 6.07) is 11.8. The molecule has 23 heavy (non-hydrogen) atoms.